The summed E-state index contributed by atoms with van der Waals surface area (Å²) >= 11 is 8.90. The summed E-state index contributed by atoms with van der Waals surface area (Å²) in [6.07, 6.45) is 7.49. The van der Waals surface area contributed by atoms with Gasteiger partial charge in [0.05, 0.1) is 22.6 Å². The van der Waals surface area contributed by atoms with Crippen LogP contribution in [-0.2, 0) is 17.6 Å². The zero-order valence-electron chi connectivity index (χ0n) is 21.0. The predicted molar refractivity (Wildman–Crippen MR) is 155 cm³/mol. The van der Waals surface area contributed by atoms with Crippen LogP contribution in [0.3, 0.4) is 0 Å². The maximum atomic E-state index is 13.0. The first-order valence-electron chi connectivity index (χ1n) is 12.6. The highest BCUT2D eigenvalue weighted by molar-refractivity contribution is 7.17. The molecule has 10 nitrogen and oxygen atoms in total. The van der Waals surface area contributed by atoms with Gasteiger partial charge in [0.15, 0.2) is 10.3 Å². The van der Waals surface area contributed by atoms with Crippen LogP contribution in [0.1, 0.15) is 45.8 Å². The molecule has 0 bridgehead atoms. The highest BCUT2D eigenvalue weighted by atomic mass is 35.5. The Labute approximate surface area is 237 Å². The quantitative estimate of drug-likeness (QED) is 0.264. The number of aromatic nitrogens is 4. The van der Waals surface area contributed by atoms with Crippen molar-refractivity contribution in [3.8, 4) is 0 Å². The fourth-order valence-electron chi connectivity index (χ4n) is 4.91. The van der Waals surface area contributed by atoms with E-state index in [2.05, 4.69) is 25.9 Å². The van der Waals surface area contributed by atoms with Crippen LogP contribution in [0.25, 0.3) is 0 Å². The number of fused-ring (bicyclic) bond motifs is 1. The van der Waals surface area contributed by atoms with Crippen LogP contribution in [0, 0.1) is 6.92 Å². The van der Waals surface area contributed by atoms with Crippen LogP contribution >= 0.6 is 34.3 Å². The summed E-state index contributed by atoms with van der Waals surface area (Å²) in [6, 6.07) is 5.10. The molecule has 1 saturated heterocycles. The number of rotatable bonds is 7. The summed E-state index contributed by atoms with van der Waals surface area (Å²) in [4.78, 5) is 46.7. The molecule has 13 heteroatoms. The van der Waals surface area contributed by atoms with Gasteiger partial charge in [-0.25, -0.2) is 15.0 Å². The maximum Gasteiger partial charge on any atom is 0.267 e. The van der Waals surface area contributed by atoms with Gasteiger partial charge in [0.25, 0.3) is 5.91 Å². The molecule has 1 fully saturated rings. The number of hydrogen-bond acceptors (Lipinski definition) is 10. The van der Waals surface area contributed by atoms with Crippen LogP contribution < -0.4 is 20.9 Å². The molecule has 0 spiro atoms. The summed E-state index contributed by atoms with van der Waals surface area (Å²) in [5.41, 5.74) is 3.50. The lowest BCUT2D eigenvalue weighted by Crippen LogP contribution is -2.40. The first-order chi connectivity index (χ1) is 19.0. The molecule has 2 aliphatic rings. The normalized spacial score (nSPS) is 16.3. The van der Waals surface area contributed by atoms with Gasteiger partial charge in [0.2, 0.25) is 11.9 Å². The molecular weight excluding hydrogens is 556 g/mol. The van der Waals surface area contributed by atoms with Crippen molar-refractivity contribution in [1.82, 2.24) is 19.9 Å². The third kappa shape index (κ3) is 5.32. The van der Waals surface area contributed by atoms with Crippen LogP contribution in [0.15, 0.2) is 36.0 Å². The lowest BCUT2D eigenvalue weighted by Gasteiger charge is -2.24. The van der Waals surface area contributed by atoms with Crippen molar-refractivity contribution in [3.63, 3.8) is 0 Å². The number of thiazole rings is 2. The zero-order valence-corrected chi connectivity index (χ0v) is 23.4. The number of halogens is 1. The zero-order chi connectivity index (χ0) is 26.9. The fraction of sp³-hybridized carbons (Fsp3) is 0.308. The van der Waals surface area contributed by atoms with Gasteiger partial charge >= 0.3 is 0 Å². The van der Waals surface area contributed by atoms with Crippen LogP contribution in [-0.4, -0.2) is 44.3 Å². The minimum Gasteiger partial charge on any atom is -0.329 e. The number of nitrogens with one attached hydrogen (secondary N) is 3. The van der Waals surface area contributed by atoms with Gasteiger partial charge < -0.3 is 20.9 Å². The van der Waals surface area contributed by atoms with Crippen molar-refractivity contribution < 1.29 is 9.59 Å². The average molecular weight is 581 g/mol. The standard InChI is InChI=1S/C26H25ClN8O2S2/c1-14-5-2-7-16(27)20(14)31-23(37)19-13-29-26(39-19)33-21-15-6-3-8-17(15)30-24(32-21)35-11-4-9-18(35)22(36)34-25-28-10-12-38-25/h2,5,7,10,12-13,18H,3-4,6,8-9,11H2,1H3,(H,31,37)(H,28,34,36)(H,29,30,32,33)/t18-/m1/s1. The third-order valence-electron chi connectivity index (χ3n) is 6.81. The van der Waals surface area contributed by atoms with Gasteiger partial charge in [0.1, 0.15) is 16.7 Å². The third-order valence-corrected chi connectivity index (χ3v) is 8.73. The second-order valence-corrected chi connectivity index (χ2v) is 11.7. The molecule has 4 heterocycles. The smallest absolute Gasteiger partial charge is 0.267 e. The molecule has 2 amide bonds. The van der Waals surface area contributed by atoms with Crippen molar-refractivity contribution in [2.24, 2.45) is 0 Å². The molecular formula is C26H25ClN8O2S2. The number of carbonyl (C=O) groups excluding carboxylic acids is 2. The van der Waals surface area contributed by atoms with Crippen LogP contribution in [0.5, 0.6) is 0 Å². The van der Waals surface area contributed by atoms with Gasteiger partial charge in [-0.2, -0.15) is 4.98 Å². The maximum absolute atomic E-state index is 13.0. The lowest BCUT2D eigenvalue weighted by atomic mass is 10.2. The van der Waals surface area contributed by atoms with E-state index in [9.17, 15) is 9.59 Å². The first-order valence-corrected chi connectivity index (χ1v) is 14.7. The van der Waals surface area contributed by atoms with E-state index in [0.717, 1.165) is 48.9 Å². The Balaban J connectivity index is 1.22. The monoisotopic (exact) mass is 580 g/mol. The van der Waals surface area contributed by atoms with E-state index in [-0.39, 0.29) is 17.9 Å². The summed E-state index contributed by atoms with van der Waals surface area (Å²) in [6.45, 7) is 2.58. The molecule has 0 radical (unpaired) electrons. The Hall–Kier alpha value is -3.61. The van der Waals surface area contributed by atoms with Crippen molar-refractivity contribution in [3.05, 3.63) is 62.7 Å². The van der Waals surface area contributed by atoms with E-state index < -0.39 is 0 Å². The van der Waals surface area contributed by atoms with E-state index in [1.54, 1.807) is 12.3 Å². The van der Waals surface area contributed by atoms with Crippen molar-refractivity contribution in [2.45, 2.75) is 45.1 Å². The van der Waals surface area contributed by atoms with Gasteiger partial charge in [-0.1, -0.05) is 35.1 Å². The molecule has 3 N–H and O–H groups in total. The van der Waals surface area contributed by atoms with Crippen LogP contribution in [0.4, 0.5) is 27.7 Å². The summed E-state index contributed by atoms with van der Waals surface area (Å²) in [5.74, 6) is 0.808. The van der Waals surface area contributed by atoms with E-state index in [1.165, 1.54) is 28.9 Å². The van der Waals surface area contributed by atoms with Gasteiger partial charge in [0, 0.05) is 23.7 Å². The first kappa shape index (κ1) is 25.7. The second kappa shape index (κ2) is 10.9. The summed E-state index contributed by atoms with van der Waals surface area (Å²) in [7, 11) is 0. The van der Waals surface area contributed by atoms with Crippen LogP contribution in [0.2, 0.25) is 5.02 Å². The number of para-hydroxylation sites is 1. The number of hydrogen-bond donors (Lipinski definition) is 3. The number of anilines is 5. The minimum atomic E-state index is -0.371. The topological polar surface area (TPSA) is 125 Å². The molecule has 1 atom stereocenters. The SMILES string of the molecule is Cc1cccc(Cl)c1NC(=O)c1cnc(Nc2nc(N3CCC[C@@H]3C(=O)Nc3nccs3)nc3c2CCC3)s1. The minimum absolute atomic E-state index is 0.106. The Kier molecular flexibility index (Phi) is 7.15. The molecule has 39 heavy (non-hydrogen) atoms. The number of benzene rings is 1. The average Bonchev–Trinajstić information content (AvgIpc) is 3.72. The molecule has 1 aliphatic carbocycles. The number of aryl methyl sites for hydroxylation is 2. The second-order valence-electron chi connectivity index (χ2n) is 9.37. The Morgan fingerprint density at radius 2 is 2.00 bits per heavy atom. The molecule has 3 aromatic heterocycles. The molecule has 6 rings (SSSR count). The lowest BCUT2D eigenvalue weighted by molar-refractivity contribution is -0.117. The highest BCUT2D eigenvalue weighted by Crippen LogP contribution is 2.34. The van der Waals surface area contributed by atoms with E-state index in [1.807, 2.05) is 29.3 Å². The van der Waals surface area contributed by atoms with Crippen molar-refractivity contribution in [1.29, 1.82) is 0 Å². The summed E-state index contributed by atoms with van der Waals surface area (Å²) in [5, 5.41) is 12.6. The number of carbonyl (C=O) groups is 2. The number of amides is 2. The van der Waals surface area contributed by atoms with Gasteiger partial charge in [-0.15, -0.1) is 11.3 Å². The molecule has 200 valence electrons. The van der Waals surface area contributed by atoms with Gasteiger partial charge in [-0.3, -0.25) is 9.59 Å². The van der Waals surface area contributed by atoms with Crippen molar-refractivity contribution >= 4 is 73.8 Å². The van der Waals surface area contributed by atoms with Crippen molar-refractivity contribution in [2.75, 3.05) is 27.4 Å². The fourth-order valence-corrected chi connectivity index (χ4v) is 6.42. The van der Waals surface area contributed by atoms with E-state index >= 15 is 0 Å². The highest BCUT2D eigenvalue weighted by Gasteiger charge is 2.34. The number of nitrogens with zero attached hydrogens (tertiary/aromatic N) is 5. The molecule has 0 unspecified atom stereocenters. The van der Waals surface area contributed by atoms with E-state index in [4.69, 9.17) is 21.6 Å². The largest absolute Gasteiger partial charge is 0.329 e. The molecule has 4 aromatic rings. The molecule has 1 aromatic carbocycles. The molecule has 0 saturated carbocycles. The predicted octanol–water partition coefficient (Wildman–Crippen LogP) is 5.44. The molecule has 1 aliphatic heterocycles. The Bertz CT molecular complexity index is 1520. The summed E-state index contributed by atoms with van der Waals surface area (Å²) < 4.78 is 0. The van der Waals surface area contributed by atoms with Gasteiger partial charge in [-0.05, 0) is 50.7 Å². The Morgan fingerprint density at radius 3 is 2.82 bits per heavy atom. The Morgan fingerprint density at radius 1 is 1.10 bits per heavy atom. The van der Waals surface area contributed by atoms with E-state index in [0.29, 0.717) is 44.2 Å².